The Labute approximate surface area is 160 Å². The van der Waals surface area contributed by atoms with Crippen LogP contribution < -0.4 is 5.32 Å². The zero-order chi connectivity index (χ0) is 19.9. The molecule has 0 spiro atoms. The van der Waals surface area contributed by atoms with Crippen LogP contribution in [-0.4, -0.2) is 37.1 Å². The molecule has 0 aliphatic carbocycles. The molecule has 0 aliphatic rings. The third-order valence-corrected chi connectivity index (χ3v) is 4.00. The predicted molar refractivity (Wildman–Crippen MR) is 99.2 cm³/mol. The van der Waals surface area contributed by atoms with E-state index in [1.54, 1.807) is 49.6 Å². The van der Waals surface area contributed by atoms with E-state index in [9.17, 15) is 9.59 Å². The topological polar surface area (TPSA) is 131 Å². The van der Waals surface area contributed by atoms with Gasteiger partial charge in [-0.3, -0.25) is 9.59 Å². The van der Waals surface area contributed by atoms with Gasteiger partial charge in [-0.2, -0.15) is 4.98 Å². The summed E-state index contributed by atoms with van der Waals surface area (Å²) in [5.74, 6) is -0.513. The minimum Gasteiger partial charge on any atom is -0.481 e. The van der Waals surface area contributed by atoms with Crippen LogP contribution in [-0.2, 0) is 22.4 Å². The van der Waals surface area contributed by atoms with E-state index in [0.717, 1.165) is 5.56 Å². The number of benzene rings is 1. The Bertz CT molecular complexity index is 940. The number of hydrogen-bond acceptors (Lipinski definition) is 7. The van der Waals surface area contributed by atoms with Crippen molar-refractivity contribution in [1.82, 2.24) is 20.1 Å². The number of nitrogens with one attached hydrogen (secondary N) is 1. The SMILES string of the molecule is CC(Cc1ccc(NC(=O)CCc2nc(-c3ncccn3)no2)cc1)C(=O)O. The molecule has 9 nitrogen and oxygen atoms in total. The maximum atomic E-state index is 12.1. The van der Waals surface area contributed by atoms with Crippen molar-refractivity contribution in [2.45, 2.75) is 26.2 Å². The number of carbonyl (C=O) groups is 2. The van der Waals surface area contributed by atoms with E-state index in [2.05, 4.69) is 25.4 Å². The van der Waals surface area contributed by atoms with Gasteiger partial charge in [0.05, 0.1) is 5.92 Å². The highest BCUT2D eigenvalue weighted by Gasteiger charge is 2.13. The zero-order valence-electron chi connectivity index (χ0n) is 15.2. The number of carboxylic acids is 1. The molecule has 1 aromatic carbocycles. The Morgan fingerprint density at radius 2 is 1.86 bits per heavy atom. The summed E-state index contributed by atoms with van der Waals surface area (Å²) < 4.78 is 5.12. The number of rotatable bonds is 8. The Balaban J connectivity index is 1.49. The first-order valence-electron chi connectivity index (χ1n) is 8.73. The Hall–Kier alpha value is -3.62. The molecule has 1 amide bonds. The summed E-state index contributed by atoms with van der Waals surface area (Å²) in [5, 5.41) is 15.5. The molecule has 0 radical (unpaired) electrons. The molecule has 0 aliphatic heterocycles. The molecule has 144 valence electrons. The second kappa shape index (κ2) is 8.85. The molecule has 1 atom stereocenters. The van der Waals surface area contributed by atoms with Crippen LogP contribution in [0, 0.1) is 5.92 Å². The van der Waals surface area contributed by atoms with Crippen LogP contribution in [0.2, 0.25) is 0 Å². The number of amides is 1. The average Bonchev–Trinajstić information content (AvgIpc) is 3.17. The lowest BCUT2D eigenvalue weighted by Crippen LogP contribution is -2.13. The second-order valence-corrected chi connectivity index (χ2v) is 6.27. The predicted octanol–water partition coefficient (Wildman–Crippen LogP) is 2.36. The van der Waals surface area contributed by atoms with Crippen molar-refractivity contribution < 1.29 is 19.2 Å². The molecule has 0 fully saturated rings. The van der Waals surface area contributed by atoms with Crippen LogP contribution in [0.1, 0.15) is 24.8 Å². The molecule has 0 saturated carbocycles. The van der Waals surface area contributed by atoms with Gasteiger partial charge in [0.25, 0.3) is 0 Å². The number of nitrogens with zero attached hydrogens (tertiary/aromatic N) is 4. The van der Waals surface area contributed by atoms with Gasteiger partial charge in [0.1, 0.15) is 0 Å². The molecule has 3 rings (SSSR count). The van der Waals surface area contributed by atoms with Crippen molar-refractivity contribution in [3.05, 3.63) is 54.2 Å². The Morgan fingerprint density at radius 1 is 1.14 bits per heavy atom. The van der Waals surface area contributed by atoms with Gasteiger partial charge in [-0.15, -0.1) is 0 Å². The highest BCUT2D eigenvalue weighted by molar-refractivity contribution is 5.90. The fourth-order valence-corrected chi connectivity index (χ4v) is 2.47. The fourth-order valence-electron chi connectivity index (χ4n) is 2.47. The highest BCUT2D eigenvalue weighted by atomic mass is 16.5. The van der Waals surface area contributed by atoms with E-state index >= 15 is 0 Å². The summed E-state index contributed by atoms with van der Waals surface area (Å²) in [6.45, 7) is 1.66. The van der Waals surface area contributed by atoms with Gasteiger partial charge in [-0.25, -0.2) is 9.97 Å². The number of aromatic nitrogens is 4. The van der Waals surface area contributed by atoms with Crippen LogP contribution in [0.15, 0.2) is 47.2 Å². The first kappa shape index (κ1) is 19.2. The van der Waals surface area contributed by atoms with E-state index < -0.39 is 11.9 Å². The minimum atomic E-state index is -0.833. The lowest BCUT2D eigenvalue weighted by molar-refractivity contribution is -0.141. The van der Waals surface area contributed by atoms with E-state index in [0.29, 0.717) is 30.2 Å². The maximum absolute atomic E-state index is 12.1. The molecule has 0 bridgehead atoms. The fraction of sp³-hybridized carbons (Fsp3) is 0.263. The van der Waals surface area contributed by atoms with Gasteiger partial charge in [-0.05, 0) is 30.2 Å². The largest absolute Gasteiger partial charge is 0.481 e. The number of aliphatic carboxylic acids is 1. The smallest absolute Gasteiger partial charge is 0.306 e. The first-order chi connectivity index (χ1) is 13.5. The van der Waals surface area contributed by atoms with Crippen LogP contribution in [0.3, 0.4) is 0 Å². The van der Waals surface area contributed by atoms with E-state index in [1.807, 2.05) is 0 Å². The van der Waals surface area contributed by atoms with Gasteiger partial charge in [0.2, 0.25) is 23.4 Å². The molecule has 2 N–H and O–H groups in total. The average molecular weight is 381 g/mol. The third kappa shape index (κ3) is 5.19. The lowest BCUT2D eigenvalue weighted by atomic mass is 10.0. The van der Waals surface area contributed by atoms with Crippen LogP contribution in [0.25, 0.3) is 11.6 Å². The standard InChI is InChI=1S/C19H19N5O4/c1-12(19(26)27)11-13-3-5-14(6-4-13)22-15(25)7-8-16-23-18(24-28-16)17-20-9-2-10-21-17/h2-6,9-10,12H,7-8,11H2,1H3,(H,22,25)(H,26,27). The quantitative estimate of drug-likeness (QED) is 0.608. The molecule has 28 heavy (non-hydrogen) atoms. The van der Waals surface area contributed by atoms with Crippen molar-refractivity contribution in [3.8, 4) is 11.6 Å². The number of carboxylic acid groups (broad SMARTS) is 1. The maximum Gasteiger partial charge on any atom is 0.306 e. The summed E-state index contributed by atoms with van der Waals surface area (Å²) in [7, 11) is 0. The Kier molecular flexibility index (Phi) is 6.05. The van der Waals surface area contributed by atoms with Crippen molar-refractivity contribution in [2.75, 3.05) is 5.32 Å². The molecule has 2 aromatic heterocycles. The highest BCUT2D eigenvalue weighted by Crippen LogP contribution is 2.15. The number of anilines is 1. The minimum absolute atomic E-state index is 0.176. The third-order valence-electron chi connectivity index (χ3n) is 4.00. The summed E-state index contributed by atoms with van der Waals surface area (Å²) >= 11 is 0. The van der Waals surface area contributed by atoms with E-state index in [1.165, 1.54) is 0 Å². The molecule has 9 heteroatoms. The monoisotopic (exact) mass is 381 g/mol. The number of aryl methyl sites for hydroxylation is 1. The Morgan fingerprint density at radius 3 is 2.54 bits per heavy atom. The van der Waals surface area contributed by atoms with E-state index in [-0.39, 0.29) is 18.2 Å². The number of carbonyl (C=O) groups excluding carboxylic acids is 1. The van der Waals surface area contributed by atoms with Crippen molar-refractivity contribution in [3.63, 3.8) is 0 Å². The van der Waals surface area contributed by atoms with Gasteiger partial charge in [0, 0.05) is 30.9 Å². The van der Waals surface area contributed by atoms with Gasteiger partial charge >= 0.3 is 5.97 Å². The first-order valence-corrected chi connectivity index (χ1v) is 8.73. The number of hydrogen-bond donors (Lipinski definition) is 2. The molecular weight excluding hydrogens is 362 g/mol. The summed E-state index contributed by atoms with van der Waals surface area (Å²) in [6.07, 6.45) is 4.07. The van der Waals surface area contributed by atoms with Crippen molar-refractivity contribution >= 4 is 17.6 Å². The molecule has 2 heterocycles. The molecular formula is C19H19N5O4. The summed E-state index contributed by atoms with van der Waals surface area (Å²) in [4.78, 5) is 35.3. The second-order valence-electron chi connectivity index (χ2n) is 6.27. The van der Waals surface area contributed by atoms with Crippen LogP contribution >= 0.6 is 0 Å². The summed E-state index contributed by atoms with van der Waals surface area (Å²) in [6, 6.07) is 8.80. The molecule has 0 saturated heterocycles. The van der Waals surface area contributed by atoms with Crippen molar-refractivity contribution in [1.29, 1.82) is 0 Å². The normalized spacial score (nSPS) is 11.8. The summed E-state index contributed by atoms with van der Waals surface area (Å²) in [5.41, 5.74) is 1.54. The van der Waals surface area contributed by atoms with Crippen molar-refractivity contribution in [2.24, 2.45) is 5.92 Å². The van der Waals surface area contributed by atoms with E-state index in [4.69, 9.17) is 9.63 Å². The molecule has 3 aromatic rings. The molecule has 1 unspecified atom stereocenters. The van der Waals surface area contributed by atoms with Crippen LogP contribution in [0.4, 0.5) is 5.69 Å². The van der Waals surface area contributed by atoms with Gasteiger partial charge in [0.15, 0.2) is 0 Å². The van der Waals surface area contributed by atoms with Gasteiger partial charge < -0.3 is 14.9 Å². The zero-order valence-corrected chi connectivity index (χ0v) is 15.2. The van der Waals surface area contributed by atoms with Crippen LogP contribution in [0.5, 0.6) is 0 Å². The lowest BCUT2D eigenvalue weighted by Gasteiger charge is -2.08. The van der Waals surface area contributed by atoms with Gasteiger partial charge in [-0.1, -0.05) is 24.2 Å².